The van der Waals surface area contributed by atoms with Crippen LogP contribution >= 0.6 is 0 Å². The van der Waals surface area contributed by atoms with Gasteiger partial charge in [-0.1, -0.05) is 18.2 Å². The monoisotopic (exact) mass is 355 g/mol. The summed E-state index contributed by atoms with van der Waals surface area (Å²) in [7, 11) is 0. The molecular weight excluding hydrogens is 339 g/mol. The summed E-state index contributed by atoms with van der Waals surface area (Å²) in [4.78, 5) is 35.7. The zero-order valence-corrected chi connectivity index (χ0v) is 13.6. The average molecular weight is 355 g/mol. The average Bonchev–Trinajstić information content (AvgIpc) is 2.50. The van der Waals surface area contributed by atoms with Gasteiger partial charge in [-0.2, -0.15) is 13.2 Å². The number of alkyl halides is 3. The van der Waals surface area contributed by atoms with Crippen molar-refractivity contribution < 1.29 is 18.0 Å². The first-order valence-corrected chi connectivity index (χ1v) is 7.31. The molecule has 0 atom stereocenters. The molecule has 6 nitrogen and oxygen atoms in total. The zero-order valence-electron chi connectivity index (χ0n) is 13.6. The maximum atomic E-state index is 12.3. The summed E-state index contributed by atoms with van der Waals surface area (Å²) < 4.78 is 38.1. The number of halogens is 3. The molecule has 0 radical (unpaired) electrons. The number of carbonyl (C=O) groups is 1. The lowest BCUT2D eigenvalue weighted by Crippen LogP contribution is -2.43. The van der Waals surface area contributed by atoms with Crippen molar-refractivity contribution in [3.63, 3.8) is 0 Å². The predicted molar refractivity (Wildman–Crippen MR) is 85.6 cm³/mol. The molecule has 25 heavy (non-hydrogen) atoms. The van der Waals surface area contributed by atoms with Crippen molar-refractivity contribution in [2.24, 2.45) is 0 Å². The Hall–Kier alpha value is -2.84. The lowest BCUT2D eigenvalue weighted by molar-refractivity contribution is -0.141. The van der Waals surface area contributed by atoms with Gasteiger partial charge in [-0.25, -0.2) is 0 Å². The predicted octanol–water partition coefficient (Wildman–Crippen LogP) is 1.83. The number of carbonyl (C=O) groups excluding carboxylic acids is 1. The second-order valence-electron chi connectivity index (χ2n) is 5.59. The van der Waals surface area contributed by atoms with E-state index in [4.69, 9.17) is 0 Å². The Morgan fingerprint density at radius 2 is 1.56 bits per heavy atom. The van der Waals surface area contributed by atoms with Gasteiger partial charge in [0.15, 0.2) is 0 Å². The van der Waals surface area contributed by atoms with Crippen LogP contribution in [0.3, 0.4) is 0 Å². The Morgan fingerprint density at radius 1 is 1.04 bits per heavy atom. The van der Waals surface area contributed by atoms with Gasteiger partial charge in [0.05, 0.1) is 0 Å². The van der Waals surface area contributed by atoms with Crippen molar-refractivity contribution in [2.75, 3.05) is 5.32 Å². The highest BCUT2D eigenvalue weighted by molar-refractivity contribution is 5.92. The fourth-order valence-electron chi connectivity index (χ4n) is 2.33. The molecule has 0 saturated carbocycles. The van der Waals surface area contributed by atoms with E-state index in [0.717, 1.165) is 28.1 Å². The Bertz CT molecular complexity index is 893. The zero-order chi connectivity index (χ0) is 18.8. The fourth-order valence-corrected chi connectivity index (χ4v) is 2.33. The summed E-state index contributed by atoms with van der Waals surface area (Å²) in [6.45, 7) is 1.56. The highest BCUT2D eigenvalue weighted by Crippen LogP contribution is 2.19. The van der Waals surface area contributed by atoms with Crippen LogP contribution in [0.5, 0.6) is 0 Å². The van der Waals surface area contributed by atoms with Gasteiger partial charge in [0.1, 0.15) is 13.1 Å². The molecule has 9 heteroatoms. The van der Waals surface area contributed by atoms with E-state index in [2.05, 4.69) is 5.32 Å². The van der Waals surface area contributed by atoms with E-state index in [-0.39, 0.29) is 4.57 Å². The molecule has 0 unspecified atom stereocenters. The third kappa shape index (κ3) is 4.59. The minimum atomic E-state index is -4.62. The van der Waals surface area contributed by atoms with E-state index in [1.807, 2.05) is 6.07 Å². The van der Waals surface area contributed by atoms with E-state index >= 15 is 0 Å². The van der Waals surface area contributed by atoms with Gasteiger partial charge < -0.3 is 9.88 Å². The second-order valence-corrected chi connectivity index (χ2v) is 5.59. The third-order valence-electron chi connectivity index (χ3n) is 3.54. The molecule has 1 heterocycles. The van der Waals surface area contributed by atoms with Crippen LogP contribution in [0.2, 0.25) is 0 Å². The van der Waals surface area contributed by atoms with Crippen LogP contribution in [0.25, 0.3) is 0 Å². The number of anilines is 1. The molecule has 2 aromatic rings. The topological polar surface area (TPSA) is 73.1 Å². The van der Waals surface area contributed by atoms with Crippen molar-refractivity contribution in [1.29, 1.82) is 0 Å². The summed E-state index contributed by atoms with van der Waals surface area (Å²) in [6, 6.07) is 5.42. The van der Waals surface area contributed by atoms with Gasteiger partial charge >= 0.3 is 17.3 Å². The maximum absolute atomic E-state index is 12.3. The first kappa shape index (κ1) is 18.5. The van der Waals surface area contributed by atoms with Crippen LogP contribution in [0.1, 0.15) is 11.1 Å². The standard InChI is InChI=1S/C16H16F3N3O3/c1-10-4-3-5-11(2)13(10)20-12(23)8-21-6-7-22(9-16(17,18)19)15(25)14(21)24/h3-7H,8-9H2,1-2H3,(H,20,23). The number of aromatic nitrogens is 2. The number of rotatable bonds is 4. The van der Waals surface area contributed by atoms with E-state index in [9.17, 15) is 27.6 Å². The SMILES string of the molecule is Cc1cccc(C)c1NC(=O)Cn1ccn(CC(F)(F)F)c(=O)c1=O. The number of para-hydroxylation sites is 1. The number of amides is 1. The van der Waals surface area contributed by atoms with Crippen molar-refractivity contribution in [3.05, 3.63) is 62.4 Å². The highest BCUT2D eigenvalue weighted by Gasteiger charge is 2.28. The minimum absolute atomic E-state index is 0.266. The smallest absolute Gasteiger partial charge is 0.324 e. The summed E-state index contributed by atoms with van der Waals surface area (Å²) in [5.74, 6) is -0.563. The molecular formula is C16H16F3N3O3. The molecule has 0 aliphatic carbocycles. The summed E-state index contributed by atoms with van der Waals surface area (Å²) >= 11 is 0. The number of benzene rings is 1. The van der Waals surface area contributed by atoms with E-state index in [0.29, 0.717) is 5.69 Å². The first-order valence-electron chi connectivity index (χ1n) is 7.31. The molecule has 0 saturated heterocycles. The number of nitrogens with one attached hydrogen (secondary N) is 1. The van der Waals surface area contributed by atoms with Crippen molar-refractivity contribution in [1.82, 2.24) is 9.13 Å². The van der Waals surface area contributed by atoms with Gasteiger partial charge in [0.2, 0.25) is 5.91 Å². The number of nitrogens with zero attached hydrogens (tertiary/aromatic N) is 2. The van der Waals surface area contributed by atoms with Gasteiger partial charge in [0, 0.05) is 18.1 Å². The van der Waals surface area contributed by atoms with Crippen LogP contribution in [0.4, 0.5) is 18.9 Å². The van der Waals surface area contributed by atoms with Gasteiger partial charge in [-0.15, -0.1) is 0 Å². The molecule has 134 valence electrons. The van der Waals surface area contributed by atoms with Gasteiger partial charge in [-0.05, 0) is 25.0 Å². The van der Waals surface area contributed by atoms with E-state index in [1.54, 1.807) is 26.0 Å². The third-order valence-corrected chi connectivity index (χ3v) is 3.54. The lowest BCUT2D eigenvalue weighted by Gasteiger charge is -2.13. The molecule has 0 spiro atoms. The molecule has 0 aliphatic rings. The summed E-state index contributed by atoms with van der Waals surface area (Å²) in [5, 5.41) is 2.64. The Morgan fingerprint density at radius 3 is 2.12 bits per heavy atom. The Labute approximate surface area is 140 Å². The van der Waals surface area contributed by atoms with Crippen molar-refractivity contribution in [3.8, 4) is 0 Å². The van der Waals surface area contributed by atoms with Gasteiger partial charge in [0.25, 0.3) is 0 Å². The molecule has 0 fully saturated rings. The first-order chi connectivity index (χ1) is 11.6. The van der Waals surface area contributed by atoms with Crippen LogP contribution in [0.15, 0.2) is 40.2 Å². The highest BCUT2D eigenvalue weighted by atomic mass is 19.4. The lowest BCUT2D eigenvalue weighted by atomic mass is 10.1. The molecule has 2 rings (SSSR count). The van der Waals surface area contributed by atoms with Crippen molar-refractivity contribution >= 4 is 11.6 Å². The second kappa shape index (κ2) is 6.96. The number of aryl methyl sites for hydroxylation is 2. The quantitative estimate of drug-likeness (QED) is 0.851. The van der Waals surface area contributed by atoms with E-state index < -0.39 is 36.3 Å². The van der Waals surface area contributed by atoms with Gasteiger partial charge in [-0.3, -0.25) is 19.0 Å². The summed E-state index contributed by atoms with van der Waals surface area (Å²) in [6.07, 6.45) is -2.80. The normalized spacial score (nSPS) is 11.4. The van der Waals surface area contributed by atoms with Crippen LogP contribution < -0.4 is 16.4 Å². The molecule has 1 N–H and O–H groups in total. The van der Waals surface area contributed by atoms with E-state index in [1.165, 1.54) is 0 Å². The largest absolute Gasteiger partial charge is 0.406 e. The van der Waals surface area contributed by atoms with Crippen LogP contribution in [-0.4, -0.2) is 21.2 Å². The Kier molecular flexibility index (Phi) is 5.15. The number of hydrogen-bond acceptors (Lipinski definition) is 3. The fraction of sp³-hybridized carbons (Fsp3) is 0.312. The van der Waals surface area contributed by atoms with Crippen LogP contribution in [-0.2, 0) is 17.9 Å². The molecule has 0 aliphatic heterocycles. The van der Waals surface area contributed by atoms with Crippen molar-refractivity contribution in [2.45, 2.75) is 33.1 Å². The Balaban J connectivity index is 2.21. The number of hydrogen-bond donors (Lipinski definition) is 1. The molecule has 1 amide bonds. The maximum Gasteiger partial charge on any atom is 0.406 e. The molecule has 1 aromatic carbocycles. The molecule has 0 bridgehead atoms. The minimum Gasteiger partial charge on any atom is -0.324 e. The summed E-state index contributed by atoms with van der Waals surface area (Å²) in [5.41, 5.74) is -0.295. The van der Waals surface area contributed by atoms with Crippen LogP contribution in [0, 0.1) is 13.8 Å². The molecule has 1 aromatic heterocycles.